The van der Waals surface area contributed by atoms with Gasteiger partial charge in [0.05, 0.1) is 4.90 Å². The van der Waals surface area contributed by atoms with Gasteiger partial charge in [-0.15, -0.1) is 0 Å². The van der Waals surface area contributed by atoms with Crippen LogP contribution in [-0.4, -0.2) is 33.0 Å². The summed E-state index contributed by atoms with van der Waals surface area (Å²) in [5.41, 5.74) is 0. The van der Waals surface area contributed by atoms with Crippen molar-refractivity contribution in [3.05, 3.63) is 24.3 Å². The molecule has 1 aliphatic carbocycles. The highest BCUT2D eigenvalue weighted by molar-refractivity contribution is 7.89. The summed E-state index contributed by atoms with van der Waals surface area (Å²) < 4.78 is 33.0. The summed E-state index contributed by atoms with van der Waals surface area (Å²) in [6.45, 7) is 3.83. The van der Waals surface area contributed by atoms with E-state index in [0.29, 0.717) is 5.75 Å². The first-order valence-corrected chi connectivity index (χ1v) is 10.4. The van der Waals surface area contributed by atoms with E-state index in [2.05, 4.69) is 10.0 Å². The fourth-order valence-electron chi connectivity index (χ4n) is 2.79. The minimum absolute atomic E-state index is 0.0268. The van der Waals surface area contributed by atoms with Crippen molar-refractivity contribution in [2.75, 3.05) is 6.61 Å². The summed E-state index contributed by atoms with van der Waals surface area (Å²) in [6.07, 6.45) is 5.95. The van der Waals surface area contributed by atoms with Gasteiger partial charge in [-0.1, -0.05) is 26.2 Å². The minimum atomic E-state index is -3.51. The standard InChI is InChI=1S/C18H28N2O4S/c1-3-14(2)19-18(21)13-24-16-9-11-17(12-10-16)25(22,23)20-15-7-5-4-6-8-15/h9-12,14-15,20H,3-8,13H2,1-2H3,(H,19,21)/t14-/m0/s1. The van der Waals surface area contributed by atoms with Gasteiger partial charge in [0.2, 0.25) is 10.0 Å². The van der Waals surface area contributed by atoms with Gasteiger partial charge in [0.1, 0.15) is 5.75 Å². The van der Waals surface area contributed by atoms with Crippen LogP contribution < -0.4 is 14.8 Å². The molecule has 1 amide bonds. The van der Waals surface area contributed by atoms with E-state index in [4.69, 9.17) is 4.74 Å². The van der Waals surface area contributed by atoms with Crippen molar-refractivity contribution < 1.29 is 17.9 Å². The highest BCUT2D eigenvalue weighted by Gasteiger charge is 2.21. The van der Waals surface area contributed by atoms with Crippen molar-refractivity contribution in [3.8, 4) is 5.75 Å². The van der Waals surface area contributed by atoms with Gasteiger partial charge in [-0.05, 0) is 50.5 Å². The van der Waals surface area contributed by atoms with E-state index in [1.165, 1.54) is 18.6 Å². The quantitative estimate of drug-likeness (QED) is 0.739. The molecule has 0 unspecified atom stereocenters. The maximum atomic E-state index is 12.4. The monoisotopic (exact) mass is 368 g/mol. The van der Waals surface area contributed by atoms with E-state index in [1.807, 2.05) is 13.8 Å². The molecule has 0 aliphatic heterocycles. The Balaban J connectivity index is 1.89. The summed E-state index contributed by atoms with van der Waals surface area (Å²) in [5.74, 6) is 0.279. The molecule has 1 atom stereocenters. The fourth-order valence-corrected chi connectivity index (χ4v) is 4.10. The first kappa shape index (κ1) is 19.7. The van der Waals surface area contributed by atoms with Gasteiger partial charge in [0.25, 0.3) is 5.91 Å². The largest absolute Gasteiger partial charge is 0.484 e. The summed E-state index contributed by atoms with van der Waals surface area (Å²) in [6, 6.07) is 6.30. The molecule has 1 fully saturated rings. The average Bonchev–Trinajstić information content (AvgIpc) is 2.60. The molecule has 6 nitrogen and oxygen atoms in total. The molecule has 0 saturated heterocycles. The molecule has 1 saturated carbocycles. The number of amides is 1. The number of nitrogens with one attached hydrogen (secondary N) is 2. The van der Waals surface area contributed by atoms with Gasteiger partial charge < -0.3 is 10.1 Å². The van der Waals surface area contributed by atoms with Crippen molar-refractivity contribution in [3.63, 3.8) is 0 Å². The van der Waals surface area contributed by atoms with Gasteiger partial charge in [-0.2, -0.15) is 0 Å². The number of benzene rings is 1. The van der Waals surface area contributed by atoms with Gasteiger partial charge in [0, 0.05) is 12.1 Å². The molecule has 2 N–H and O–H groups in total. The molecule has 0 heterocycles. The van der Waals surface area contributed by atoms with E-state index < -0.39 is 10.0 Å². The first-order chi connectivity index (χ1) is 11.9. The van der Waals surface area contributed by atoms with Gasteiger partial charge in [-0.25, -0.2) is 13.1 Å². The Labute approximate surface area is 150 Å². The highest BCUT2D eigenvalue weighted by Crippen LogP contribution is 2.21. The maximum Gasteiger partial charge on any atom is 0.258 e. The number of ether oxygens (including phenoxy) is 1. The number of carbonyl (C=O) groups is 1. The van der Waals surface area contributed by atoms with Crippen molar-refractivity contribution >= 4 is 15.9 Å². The molecule has 1 aliphatic rings. The Bertz CT molecular complexity index is 652. The molecule has 0 radical (unpaired) electrons. The molecular weight excluding hydrogens is 340 g/mol. The lowest BCUT2D eigenvalue weighted by molar-refractivity contribution is -0.123. The molecule has 7 heteroatoms. The summed E-state index contributed by atoms with van der Waals surface area (Å²) in [7, 11) is -3.51. The number of hydrogen-bond acceptors (Lipinski definition) is 4. The van der Waals surface area contributed by atoms with Crippen LogP contribution in [0.25, 0.3) is 0 Å². The Hall–Kier alpha value is -1.60. The topological polar surface area (TPSA) is 84.5 Å². The van der Waals surface area contributed by atoms with E-state index in [0.717, 1.165) is 32.1 Å². The van der Waals surface area contributed by atoms with Gasteiger partial charge >= 0.3 is 0 Å². The smallest absolute Gasteiger partial charge is 0.258 e. The predicted octanol–water partition coefficient (Wildman–Crippen LogP) is 2.59. The Morgan fingerprint density at radius 2 is 1.84 bits per heavy atom. The van der Waals surface area contributed by atoms with E-state index >= 15 is 0 Å². The lowest BCUT2D eigenvalue weighted by Crippen LogP contribution is -2.36. The Morgan fingerprint density at radius 3 is 2.44 bits per heavy atom. The van der Waals surface area contributed by atoms with Crippen LogP contribution in [0.15, 0.2) is 29.2 Å². The molecule has 1 aromatic carbocycles. The summed E-state index contributed by atoms with van der Waals surface area (Å²) in [4.78, 5) is 11.9. The Morgan fingerprint density at radius 1 is 1.20 bits per heavy atom. The second-order valence-electron chi connectivity index (χ2n) is 6.59. The number of hydrogen-bond donors (Lipinski definition) is 2. The third-order valence-corrected chi connectivity index (χ3v) is 5.99. The third kappa shape index (κ3) is 6.32. The van der Waals surface area contributed by atoms with Crippen LogP contribution in [0.4, 0.5) is 0 Å². The zero-order valence-corrected chi connectivity index (χ0v) is 15.8. The zero-order valence-electron chi connectivity index (χ0n) is 15.0. The molecule has 0 bridgehead atoms. The predicted molar refractivity (Wildman–Crippen MR) is 97.0 cm³/mol. The molecular formula is C18H28N2O4S. The van der Waals surface area contributed by atoms with Crippen LogP contribution in [0.3, 0.4) is 0 Å². The Kier molecular flexibility index (Phi) is 7.25. The van der Waals surface area contributed by atoms with Crippen molar-refractivity contribution in [1.82, 2.24) is 10.0 Å². The molecule has 25 heavy (non-hydrogen) atoms. The number of rotatable bonds is 8. The maximum absolute atomic E-state index is 12.4. The first-order valence-electron chi connectivity index (χ1n) is 8.95. The van der Waals surface area contributed by atoms with Crippen LogP contribution in [0.5, 0.6) is 5.75 Å². The normalized spacial score (nSPS) is 17.0. The third-order valence-electron chi connectivity index (χ3n) is 4.45. The summed E-state index contributed by atoms with van der Waals surface area (Å²) >= 11 is 0. The van der Waals surface area contributed by atoms with Crippen LogP contribution in [0.1, 0.15) is 52.4 Å². The molecule has 2 rings (SSSR count). The second kappa shape index (κ2) is 9.20. The van der Waals surface area contributed by atoms with Crippen molar-refractivity contribution in [2.24, 2.45) is 0 Å². The van der Waals surface area contributed by atoms with Crippen LogP contribution in [0.2, 0.25) is 0 Å². The number of carbonyl (C=O) groups excluding carboxylic acids is 1. The van der Waals surface area contributed by atoms with Crippen LogP contribution in [0, 0.1) is 0 Å². The van der Waals surface area contributed by atoms with Gasteiger partial charge in [-0.3, -0.25) is 4.79 Å². The van der Waals surface area contributed by atoms with E-state index in [9.17, 15) is 13.2 Å². The summed E-state index contributed by atoms with van der Waals surface area (Å²) in [5, 5.41) is 2.81. The lowest BCUT2D eigenvalue weighted by Gasteiger charge is -2.22. The SMILES string of the molecule is CC[C@H](C)NC(=O)COc1ccc(S(=O)(=O)NC2CCCCC2)cc1. The fraction of sp³-hybridized carbons (Fsp3) is 0.611. The number of sulfonamides is 1. The van der Waals surface area contributed by atoms with Crippen molar-refractivity contribution in [2.45, 2.75) is 69.4 Å². The highest BCUT2D eigenvalue weighted by atomic mass is 32.2. The van der Waals surface area contributed by atoms with Crippen LogP contribution in [-0.2, 0) is 14.8 Å². The van der Waals surface area contributed by atoms with E-state index in [-0.39, 0.29) is 29.5 Å². The van der Waals surface area contributed by atoms with Gasteiger partial charge in [0.15, 0.2) is 6.61 Å². The van der Waals surface area contributed by atoms with Crippen LogP contribution >= 0.6 is 0 Å². The van der Waals surface area contributed by atoms with E-state index in [1.54, 1.807) is 12.1 Å². The second-order valence-corrected chi connectivity index (χ2v) is 8.31. The molecule has 0 aromatic heterocycles. The molecule has 1 aromatic rings. The lowest BCUT2D eigenvalue weighted by atomic mass is 9.96. The molecule has 0 spiro atoms. The minimum Gasteiger partial charge on any atom is -0.484 e. The zero-order chi connectivity index (χ0) is 18.3. The van der Waals surface area contributed by atoms with Crippen molar-refractivity contribution in [1.29, 1.82) is 0 Å². The molecule has 140 valence electrons. The average molecular weight is 368 g/mol.